The van der Waals surface area contributed by atoms with Crippen molar-refractivity contribution < 1.29 is 26.3 Å². The maximum absolute atomic E-state index is 11.9. The maximum Gasteiger partial charge on any atom is 0.207 e. The smallest absolute Gasteiger partial charge is 0.207 e. The molecule has 0 spiro atoms. The first-order chi connectivity index (χ1) is 7.88. The van der Waals surface area contributed by atoms with Crippen LogP contribution < -0.4 is 21.5 Å². The summed E-state index contributed by atoms with van der Waals surface area (Å²) in [5.41, 5.74) is 1.45. The lowest BCUT2D eigenvalue weighted by molar-refractivity contribution is -0.683. The first-order valence-corrected chi connectivity index (χ1v) is 5.60. The van der Waals surface area contributed by atoms with Crippen LogP contribution in [0.15, 0.2) is 18.5 Å². The highest BCUT2D eigenvalue weighted by atomic mass is 79.9. The highest BCUT2D eigenvalue weighted by molar-refractivity contribution is 5.82. The van der Waals surface area contributed by atoms with Gasteiger partial charge in [-0.05, 0) is 0 Å². The Labute approximate surface area is 117 Å². The van der Waals surface area contributed by atoms with E-state index in [0.717, 1.165) is 11.0 Å². The summed E-state index contributed by atoms with van der Waals surface area (Å²) in [7, 11) is 1.85. The molecule has 2 heterocycles. The molecule has 98 valence electrons. The summed E-state index contributed by atoms with van der Waals surface area (Å²) in [6.07, 6.45) is 3.74. The average Bonchev–Trinajstić information content (AvgIpc) is 2.59. The molecule has 0 N–H and O–H groups in total. The Morgan fingerprint density at radius 1 is 1.44 bits per heavy atom. The lowest BCUT2D eigenvalue weighted by Gasteiger charge is -2.13. The van der Waals surface area contributed by atoms with E-state index >= 15 is 0 Å². The summed E-state index contributed by atoms with van der Waals surface area (Å²) in [4.78, 5) is 11.9. The standard InChI is InChI=1S/C12H17N4O.BrH/c1-12(2,3)11(17)8-16-6-5-10-9(7-16)13-14-15(10)4;/h5-7H,8H2,1-4H3;1H/q+1;/p-1. The van der Waals surface area contributed by atoms with Crippen LogP contribution in [0.2, 0.25) is 0 Å². The third-order valence-electron chi connectivity index (χ3n) is 2.77. The van der Waals surface area contributed by atoms with Crippen LogP contribution in [0.4, 0.5) is 0 Å². The van der Waals surface area contributed by atoms with E-state index in [0.29, 0.717) is 6.54 Å². The molecule has 0 aromatic carbocycles. The molecule has 0 aliphatic rings. The number of hydrogen-bond donors (Lipinski definition) is 0. The van der Waals surface area contributed by atoms with Gasteiger partial charge in [0.15, 0.2) is 17.9 Å². The zero-order valence-electron chi connectivity index (χ0n) is 11.0. The number of aryl methyl sites for hydroxylation is 1. The normalized spacial score (nSPS) is 11.3. The number of hydrogen-bond acceptors (Lipinski definition) is 3. The van der Waals surface area contributed by atoms with Gasteiger partial charge >= 0.3 is 0 Å². The molecule has 0 saturated carbocycles. The highest BCUT2D eigenvalue weighted by Gasteiger charge is 2.25. The van der Waals surface area contributed by atoms with E-state index < -0.39 is 0 Å². The van der Waals surface area contributed by atoms with Crippen LogP contribution in [0.1, 0.15) is 20.8 Å². The molecule has 2 aromatic rings. The van der Waals surface area contributed by atoms with Gasteiger partial charge in [-0.1, -0.05) is 26.0 Å². The number of halogens is 1. The summed E-state index contributed by atoms with van der Waals surface area (Å²) in [6.45, 7) is 6.15. The van der Waals surface area contributed by atoms with Crippen molar-refractivity contribution >= 4 is 16.8 Å². The monoisotopic (exact) mass is 312 g/mol. The van der Waals surface area contributed by atoms with Crippen LogP contribution in [0.3, 0.4) is 0 Å². The van der Waals surface area contributed by atoms with Gasteiger partial charge in [-0.3, -0.25) is 4.79 Å². The lowest BCUT2D eigenvalue weighted by atomic mass is 9.91. The van der Waals surface area contributed by atoms with Crippen LogP contribution >= 0.6 is 0 Å². The Balaban J connectivity index is 0.00000162. The maximum atomic E-state index is 11.9. The first-order valence-electron chi connectivity index (χ1n) is 5.60. The molecule has 6 heteroatoms. The minimum Gasteiger partial charge on any atom is -1.00 e. The topological polar surface area (TPSA) is 51.7 Å². The Kier molecular flexibility index (Phi) is 4.21. The molecular weight excluding hydrogens is 296 g/mol. The van der Waals surface area contributed by atoms with E-state index in [1.165, 1.54) is 0 Å². The number of nitrogens with zero attached hydrogens (tertiary/aromatic N) is 4. The van der Waals surface area contributed by atoms with Crippen molar-refractivity contribution in [1.82, 2.24) is 15.0 Å². The molecule has 0 amide bonds. The van der Waals surface area contributed by atoms with Crippen LogP contribution in [0, 0.1) is 5.41 Å². The zero-order valence-corrected chi connectivity index (χ0v) is 12.6. The van der Waals surface area contributed by atoms with E-state index in [4.69, 9.17) is 0 Å². The number of Topliss-reactive ketones (excluding diaryl/α,β-unsaturated/α-hetero) is 1. The van der Waals surface area contributed by atoms with Gasteiger partial charge < -0.3 is 17.0 Å². The van der Waals surface area contributed by atoms with E-state index in [-0.39, 0.29) is 28.2 Å². The second kappa shape index (κ2) is 5.14. The van der Waals surface area contributed by atoms with Crippen molar-refractivity contribution in [2.24, 2.45) is 12.5 Å². The summed E-state index contributed by atoms with van der Waals surface area (Å²) < 4.78 is 3.57. The predicted molar refractivity (Wildman–Crippen MR) is 63.2 cm³/mol. The Morgan fingerprint density at radius 3 is 2.72 bits per heavy atom. The molecule has 0 aliphatic heterocycles. The molecule has 18 heavy (non-hydrogen) atoms. The molecule has 2 aromatic heterocycles. The molecule has 5 nitrogen and oxygen atoms in total. The van der Waals surface area contributed by atoms with Crippen LogP contribution in [-0.2, 0) is 18.4 Å². The molecule has 0 bridgehead atoms. The SMILES string of the molecule is Cn1nnc2c[n+](CC(=O)C(C)(C)C)ccc21.[Br-]. The van der Waals surface area contributed by atoms with Gasteiger partial charge in [0.05, 0.1) is 0 Å². The van der Waals surface area contributed by atoms with Crippen molar-refractivity contribution in [3.8, 4) is 0 Å². The second-order valence-electron chi connectivity index (χ2n) is 5.27. The summed E-state index contributed by atoms with van der Waals surface area (Å²) >= 11 is 0. The minimum absolute atomic E-state index is 0. The van der Waals surface area contributed by atoms with Crippen molar-refractivity contribution in [1.29, 1.82) is 0 Å². The highest BCUT2D eigenvalue weighted by Crippen LogP contribution is 2.14. The number of carbonyl (C=O) groups is 1. The van der Waals surface area contributed by atoms with Crippen molar-refractivity contribution in [3.63, 3.8) is 0 Å². The Morgan fingerprint density at radius 2 is 2.11 bits per heavy atom. The van der Waals surface area contributed by atoms with Gasteiger partial charge in [-0.15, -0.1) is 5.10 Å². The Hall–Kier alpha value is -1.30. The lowest BCUT2D eigenvalue weighted by Crippen LogP contribution is -3.00. The van der Waals surface area contributed by atoms with Crippen LogP contribution in [0.25, 0.3) is 11.0 Å². The van der Waals surface area contributed by atoms with E-state index in [2.05, 4.69) is 10.3 Å². The molecule has 0 fully saturated rings. The molecule has 2 rings (SSSR count). The summed E-state index contributed by atoms with van der Waals surface area (Å²) in [6, 6.07) is 1.92. The Bertz CT molecular complexity index is 571. The number of rotatable bonds is 2. The fraction of sp³-hybridized carbons (Fsp3) is 0.500. The van der Waals surface area contributed by atoms with Crippen molar-refractivity contribution in [2.75, 3.05) is 0 Å². The van der Waals surface area contributed by atoms with Crippen LogP contribution in [-0.4, -0.2) is 20.8 Å². The molecule has 0 saturated heterocycles. The van der Waals surface area contributed by atoms with Gasteiger partial charge in [0.1, 0.15) is 5.52 Å². The number of ketones is 1. The number of aromatic nitrogens is 4. The quantitative estimate of drug-likeness (QED) is 0.596. The number of carbonyl (C=O) groups excluding carboxylic acids is 1. The van der Waals surface area contributed by atoms with E-state index in [9.17, 15) is 4.79 Å². The molecule has 0 radical (unpaired) electrons. The third-order valence-corrected chi connectivity index (χ3v) is 2.77. The largest absolute Gasteiger partial charge is 1.00 e. The molecule has 0 aliphatic carbocycles. The summed E-state index contributed by atoms with van der Waals surface area (Å²) in [5, 5.41) is 7.96. The van der Waals surface area contributed by atoms with Gasteiger partial charge in [0.25, 0.3) is 0 Å². The number of pyridine rings is 1. The average molecular weight is 313 g/mol. The molecular formula is C12H17BrN4O. The van der Waals surface area contributed by atoms with Gasteiger partial charge in [-0.2, -0.15) is 4.57 Å². The van der Waals surface area contributed by atoms with E-state index in [1.807, 2.05) is 50.8 Å². The van der Waals surface area contributed by atoms with Crippen LogP contribution in [0.5, 0.6) is 0 Å². The fourth-order valence-corrected chi connectivity index (χ4v) is 1.53. The second-order valence-corrected chi connectivity index (χ2v) is 5.27. The van der Waals surface area contributed by atoms with Gasteiger partial charge in [0.2, 0.25) is 12.3 Å². The first kappa shape index (κ1) is 14.8. The predicted octanol–water partition coefficient (Wildman–Crippen LogP) is -2.12. The minimum atomic E-state index is -0.315. The van der Waals surface area contributed by atoms with E-state index in [1.54, 1.807) is 4.68 Å². The summed E-state index contributed by atoms with van der Waals surface area (Å²) in [5.74, 6) is 0.200. The van der Waals surface area contributed by atoms with Crippen molar-refractivity contribution in [3.05, 3.63) is 18.5 Å². The molecule has 0 unspecified atom stereocenters. The zero-order chi connectivity index (χ0) is 12.6. The third kappa shape index (κ3) is 2.93. The number of fused-ring (bicyclic) bond motifs is 1. The molecule has 0 atom stereocenters. The van der Waals surface area contributed by atoms with Crippen molar-refractivity contribution in [2.45, 2.75) is 27.3 Å². The fourth-order valence-electron chi connectivity index (χ4n) is 1.53. The van der Waals surface area contributed by atoms with Gasteiger partial charge in [0, 0.05) is 18.5 Å². The van der Waals surface area contributed by atoms with Gasteiger partial charge in [-0.25, -0.2) is 4.68 Å².